The second-order valence-electron chi connectivity index (χ2n) is 5.75. The van der Waals surface area contributed by atoms with E-state index in [-0.39, 0.29) is 17.8 Å². The van der Waals surface area contributed by atoms with Crippen LogP contribution in [0.3, 0.4) is 0 Å². The summed E-state index contributed by atoms with van der Waals surface area (Å²) in [7, 11) is 0. The molecular weight excluding hydrogens is 280 g/mol. The highest BCUT2D eigenvalue weighted by atomic mass is 16.5. The molecule has 1 aromatic rings. The standard InChI is InChI=1S/C18H22O4/c1-4-15-11(2)16(18(20)21)9-10-17(15)13-5-7-14(8-6-13)22-12(3)19/h5-8,11,16H,4,9-10H2,1-3H3,(H,20,21). The molecule has 2 atom stereocenters. The van der Waals surface area contributed by atoms with Gasteiger partial charge in [0.1, 0.15) is 5.75 Å². The fourth-order valence-electron chi connectivity index (χ4n) is 3.32. The summed E-state index contributed by atoms with van der Waals surface area (Å²) in [6.45, 7) is 5.45. The van der Waals surface area contributed by atoms with Crippen LogP contribution in [0.2, 0.25) is 0 Å². The van der Waals surface area contributed by atoms with Crippen molar-refractivity contribution < 1.29 is 19.4 Å². The Bertz CT molecular complexity index is 598. The van der Waals surface area contributed by atoms with Gasteiger partial charge in [0, 0.05) is 6.92 Å². The Kier molecular flexibility index (Phi) is 5.01. The first kappa shape index (κ1) is 16.3. The topological polar surface area (TPSA) is 63.6 Å². The van der Waals surface area contributed by atoms with E-state index in [0.29, 0.717) is 12.2 Å². The van der Waals surface area contributed by atoms with Gasteiger partial charge in [-0.1, -0.05) is 31.6 Å². The predicted octanol–water partition coefficient (Wildman–Crippen LogP) is 3.91. The maximum absolute atomic E-state index is 11.3. The molecule has 0 saturated heterocycles. The van der Waals surface area contributed by atoms with Crippen molar-refractivity contribution in [3.8, 4) is 5.75 Å². The van der Waals surface area contributed by atoms with Crippen LogP contribution in [-0.4, -0.2) is 17.0 Å². The molecule has 0 aromatic heterocycles. The van der Waals surface area contributed by atoms with Crippen LogP contribution in [0.15, 0.2) is 29.8 Å². The summed E-state index contributed by atoms with van der Waals surface area (Å²) in [6, 6.07) is 7.45. The Balaban J connectivity index is 2.31. The summed E-state index contributed by atoms with van der Waals surface area (Å²) in [6.07, 6.45) is 2.30. The first-order chi connectivity index (χ1) is 10.4. The van der Waals surface area contributed by atoms with Gasteiger partial charge in [0.15, 0.2) is 0 Å². The number of carboxylic acid groups (broad SMARTS) is 1. The van der Waals surface area contributed by atoms with Crippen LogP contribution in [-0.2, 0) is 9.59 Å². The summed E-state index contributed by atoms with van der Waals surface area (Å²) in [5.41, 5.74) is 3.55. The van der Waals surface area contributed by atoms with E-state index in [2.05, 4.69) is 6.92 Å². The van der Waals surface area contributed by atoms with Gasteiger partial charge in [0.2, 0.25) is 0 Å². The van der Waals surface area contributed by atoms with E-state index >= 15 is 0 Å². The fourth-order valence-corrected chi connectivity index (χ4v) is 3.32. The molecule has 4 nitrogen and oxygen atoms in total. The lowest BCUT2D eigenvalue weighted by atomic mass is 9.73. The molecule has 2 rings (SSSR count). The number of esters is 1. The molecule has 0 radical (unpaired) electrons. The second kappa shape index (κ2) is 6.77. The molecular formula is C18H22O4. The molecule has 1 aromatic carbocycles. The molecule has 2 unspecified atom stereocenters. The largest absolute Gasteiger partial charge is 0.481 e. The molecule has 0 saturated carbocycles. The summed E-state index contributed by atoms with van der Waals surface area (Å²) in [5, 5.41) is 9.33. The lowest BCUT2D eigenvalue weighted by Gasteiger charge is -2.31. The van der Waals surface area contributed by atoms with Gasteiger partial charge in [-0.3, -0.25) is 9.59 Å². The average Bonchev–Trinajstić information content (AvgIpc) is 2.46. The number of aliphatic carboxylic acids is 1. The maximum atomic E-state index is 11.3. The van der Waals surface area contributed by atoms with Crippen molar-refractivity contribution in [2.45, 2.75) is 40.0 Å². The molecule has 1 N–H and O–H groups in total. The first-order valence-corrected chi connectivity index (χ1v) is 7.67. The highest BCUT2D eigenvalue weighted by molar-refractivity contribution is 5.77. The predicted molar refractivity (Wildman–Crippen MR) is 84.5 cm³/mol. The smallest absolute Gasteiger partial charge is 0.308 e. The van der Waals surface area contributed by atoms with Gasteiger partial charge >= 0.3 is 11.9 Å². The minimum atomic E-state index is -0.706. The maximum Gasteiger partial charge on any atom is 0.308 e. The minimum absolute atomic E-state index is 0.0550. The molecule has 0 spiro atoms. The Morgan fingerprint density at radius 2 is 1.91 bits per heavy atom. The van der Waals surface area contributed by atoms with Gasteiger partial charge in [0.05, 0.1) is 5.92 Å². The van der Waals surface area contributed by atoms with Crippen molar-refractivity contribution in [2.75, 3.05) is 0 Å². The van der Waals surface area contributed by atoms with Crippen molar-refractivity contribution in [1.29, 1.82) is 0 Å². The highest BCUT2D eigenvalue weighted by Gasteiger charge is 2.32. The summed E-state index contributed by atoms with van der Waals surface area (Å²) < 4.78 is 5.05. The Labute approximate surface area is 130 Å². The molecule has 0 aliphatic heterocycles. The van der Waals surface area contributed by atoms with Gasteiger partial charge in [-0.15, -0.1) is 0 Å². The minimum Gasteiger partial charge on any atom is -0.481 e. The number of benzene rings is 1. The van der Waals surface area contributed by atoms with E-state index < -0.39 is 5.97 Å². The molecule has 0 heterocycles. The van der Waals surface area contributed by atoms with Crippen LogP contribution < -0.4 is 4.74 Å². The third-order valence-electron chi connectivity index (χ3n) is 4.41. The quantitative estimate of drug-likeness (QED) is 0.676. The van der Waals surface area contributed by atoms with Crippen molar-refractivity contribution in [2.24, 2.45) is 11.8 Å². The number of allylic oxidation sites excluding steroid dienone is 2. The van der Waals surface area contributed by atoms with E-state index in [4.69, 9.17) is 4.74 Å². The number of carbonyl (C=O) groups excluding carboxylic acids is 1. The molecule has 4 heteroatoms. The fraction of sp³-hybridized carbons (Fsp3) is 0.444. The normalized spacial score (nSPS) is 21.6. The zero-order chi connectivity index (χ0) is 16.3. The molecule has 118 valence electrons. The zero-order valence-electron chi connectivity index (χ0n) is 13.3. The van der Waals surface area contributed by atoms with Crippen LogP contribution >= 0.6 is 0 Å². The monoisotopic (exact) mass is 302 g/mol. The summed E-state index contributed by atoms with van der Waals surface area (Å²) in [4.78, 5) is 22.3. The van der Waals surface area contributed by atoms with Crippen molar-refractivity contribution in [1.82, 2.24) is 0 Å². The van der Waals surface area contributed by atoms with Crippen LogP contribution in [0.25, 0.3) is 5.57 Å². The second-order valence-corrected chi connectivity index (χ2v) is 5.75. The van der Waals surface area contributed by atoms with Gasteiger partial charge in [0.25, 0.3) is 0 Å². The lowest BCUT2D eigenvalue weighted by Crippen LogP contribution is -2.27. The molecule has 22 heavy (non-hydrogen) atoms. The number of ether oxygens (including phenoxy) is 1. The van der Waals surface area contributed by atoms with E-state index in [1.807, 2.05) is 19.1 Å². The zero-order valence-corrected chi connectivity index (χ0v) is 13.3. The molecule has 0 bridgehead atoms. The van der Waals surface area contributed by atoms with Crippen molar-refractivity contribution >= 4 is 17.5 Å². The van der Waals surface area contributed by atoms with Gasteiger partial charge in [-0.25, -0.2) is 0 Å². The van der Waals surface area contributed by atoms with Crippen LogP contribution in [0, 0.1) is 11.8 Å². The van der Waals surface area contributed by atoms with Crippen molar-refractivity contribution in [3.63, 3.8) is 0 Å². The number of hydrogen-bond acceptors (Lipinski definition) is 3. The lowest BCUT2D eigenvalue weighted by molar-refractivity contribution is -0.143. The Morgan fingerprint density at radius 1 is 1.27 bits per heavy atom. The Hall–Kier alpha value is -2.10. The highest BCUT2D eigenvalue weighted by Crippen LogP contribution is 2.41. The molecule has 0 fully saturated rings. The van der Waals surface area contributed by atoms with Crippen LogP contribution in [0.4, 0.5) is 0 Å². The molecule has 0 amide bonds. The average molecular weight is 302 g/mol. The Morgan fingerprint density at radius 3 is 2.41 bits per heavy atom. The third-order valence-corrected chi connectivity index (χ3v) is 4.41. The third kappa shape index (κ3) is 3.38. The summed E-state index contributed by atoms with van der Waals surface area (Å²) in [5.74, 6) is -0.750. The van der Waals surface area contributed by atoms with Crippen LogP contribution in [0.1, 0.15) is 45.6 Å². The molecule has 1 aliphatic carbocycles. The van der Waals surface area contributed by atoms with E-state index in [1.165, 1.54) is 18.1 Å². The number of carbonyl (C=O) groups is 2. The summed E-state index contributed by atoms with van der Waals surface area (Å²) >= 11 is 0. The SMILES string of the molecule is CCC1=C(c2ccc(OC(C)=O)cc2)CCC(C(=O)O)C1C. The van der Waals surface area contributed by atoms with E-state index in [1.54, 1.807) is 12.1 Å². The van der Waals surface area contributed by atoms with Crippen LogP contribution in [0.5, 0.6) is 5.75 Å². The van der Waals surface area contributed by atoms with E-state index in [9.17, 15) is 14.7 Å². The number of hydrogen-bond donors (Lipinski definition) is 1. The first-order valence-electron chi connectivity index (χ1n) is 7.67. The van der Waals surface area contributed by atoms with Gasteiger partial charge in [-0.2, -0.15) is 0 Å². The molecule has 1 aliphatic rings. The number of carboxylic acids is 1. The van der Waals surface area contributed by atoms with Gasteiger partial charge < -0.3 is 9.84 Å². The number of rotatable bonds is 4. The van der Waals surface area contributed by atoms with Gasteiger partial charge in [-0.05, 0) is 48.4 Å². The van der Waals surface area contributed by atoms with Crippen molar-refractivity contribution in [3.05, 3.63) is 35.4 Å². The van der Waals surface area contributed by atoms with E-state index in [0.717, 1.165) is 18.4 Å².